The van der Waals surface area contributed by atoms with Crippen molar-refractivity contribution >= 4 is 22.2 Å². The Kier molecular flexibility index (Phi) is 4.22. The van der Waals surface area contributed by atoms with E-state index in [4.69, 9.17) is 0 Å². The highest BCUT2D eigenvalue weighted by Gasteiger charge is 1.86. The summed E-state index contributed by atoms with van der Waals surface area (Å²) in [5.74, 6) is 0. The van der Waals surface area contributed by atoms with Crippen molar-refractivity contribution in [2.75, 3.05) is 0 Å². The fraction of sp³-hybridized carbons (Fsp3) is 0.143. The van der Waals surface area contributed by atoms with Crippen LogP contribution in [0.1, 0.15) is 11.9 Å². The highest BCUT2D eigenvalue weighted by Crippen LogP contribution is 2.07. The molecule has 0 amide bonds. The van der Waals surface area contributed by atoms with Crippen LogP contribution in [-0.4, -0.2) is 9.97 Å². The van der Waals surface area contributed by atoms with Crippen LogP contribution in [0.4, 0.5) is 0 Å². The summed E-state index contributed by atoms with van der Waals surface area (Å²) in [5, 5.41) is 4.42. The van der Waals surface area contributed by atoms with Crippen LogP contribution >= 0.6 is 11.3 Å². The van der Waals surface area contributed by atoms with Gasteiger partial charge < -0.3 is 0 Å². The quantitative estimate of drug-likeness (QED) is 0.646. The molecule has 0 spiro atoms. The average Bonchev–Trinajstić information content (AvgIpc) is 2.93. The van der Waals surface area contributed by atoms with Crippen LogP contribution in [0.3, 0.4) is 0 Å². The van der Waals surface area contributed by atoms with Crippen molar-refractivity contribution in [3.05, 3.63) is 59.2 Å². The fourth-order valence-corrected chi connectivity index (χ4v) is 2.01. The molecule has 3 aromatic rings. The number of fused-ring (bicyclic) bond motifs is 1. The van der Waals surface area contributed by atoms with Gasteiger partial charge in [-0.05, 0) is 18.6 Å². The molecule has 0 aliphatic carbocycles. The third-order valence-electron chi connectivity index (χ3n) is 2.30. The van der Waals surface area contributed by atoms with Gasteiger partial charge in [0.05, 0.1) is 10.5 Å². The summed E-state index contributed by atoms with van der Waals surface area (Å²) in [5.41, 5.74) is 1.06. The van der Waals surface area contributed by atoms with Gasteiger partial charge >= 0.3 is 0 Å². The number of hydrogen-bond donors (Lipinski definition) is 0. The van der Waals surface area contributed by atoms with E-state index in [-0.39, 0.29) is 0 Å². The normalized spacial score (nSPS) is 9.71. The molecule has 0 aliphatic rings. The molecule has 2 aromatic heterocycles. The average molecular weight is 242 g/mol. The van der Waals surface area contributed by atoms with E-state index in [9.17, 15) is 0 Å². The predicted octanol–water partition coefficient (Wildman–Crippen LogP) is 3.94. The minimum absolute atomic E-state index is 1.06. The minimum Gasteiger partial charge on any atom is -0.256 e. The number of rotatable bonds is 1. The second-order valence-electron chi connectivity index (χ2n) is 3.48. The number of hydrogen-bond acceptors (Lipinski definition) is 3. The van der Waals surface area contributed by atoms with Crippen molar-refractivity contribution in [2.45, 2.75) is 13.3 Å². The number of aromatic nitrogens is 2. The smallest absolute Gasteiger partial charge is 0.0922 e. The van der Waals surface area contributed by atoms with Gasteiger partial charge in [0, 0.05) is 23.2 Å². The molecule has 0 radical (unpaired) electrons. The van der Waals surface area contributed by atoms with E-state index in [2.05, 4.69) is 29.0 Å². The number of pyridine rings is 1. The number of aryl methyl sites for hydroxylation is 1. The maximum absolute atomic E-state index is 4.18. The van der Waals surface area contributed by atoms with E-state index < -0.39 is 0 Å². The molecule has 0 saturated heterocycles. The molecule has 0 bridgehead atoms. The van der Waals surface area contributed by atoms with E-state index >= 15 is 0 Å². The Hall–Kier alpha value is -1.74. The Labute approximate surface area is 105 Å². The second-order valence-corrected chi connectivity index (χ2v) is 4.45. The van der Waals surface area contributed by atoms with E-state index in [1.165, 1.54) is 10.4 Å². The molecule has 3 heteroatoms. The maximum Gasteiger partial charge on any atom is 0.0922 e. The Morgan fingerprint density at radius 2 is 1.82 bits per heavy atom. The minimum atomic E-state index is 1.06. The highest BCUT2D eigenvalue weighted by atomic mass is 32.1. The van der Waals surface area contributed by atoms with Crippen LogP contribution in [-0.2, 0) is 6.42 Å². The van der Waals surface area contributed by atoms with E-state index in [1.807, 2.05) is 42.0 Å². The summed E-state index contributed by atoms with van der Waals surface area (Å²) in [6.45, 7) is 2.11. The van der Waals surface area contributed by atoms with Crippen LogP contribution in [0.5, 0.6) is 0 Å². The molecule has 2 nitrogen and oxygen atoms in total. The van der Waals surface area contributed by atoms with Gasteiger partial charge in [0.25, 0.3) is 0 Å². The molecule has 0 fully saturated rings. The Morgan fingerprint density at radius 1 is 1.00 bits per heavy atom. The third-order valence-corrected chi connectivity index (χ3v) is 3.22. The molecule has 0 saturated carbocycles. The summed E-state index contributed by atoms with van der Waals surface area (Å²) >= 11 is 1.71. The molecule has 17 heavy (non-hydrogen) atoms. The summed E-state index contributed by atoms with van der Waals surface area (Å²) in [6.07, 6.45) is 4.71. The molecular weight excluding hydrogens is 228 g/mol. The number of para-hydroxylation sites is 1. The van der Waals surface area contributed by atoms with Gasteiger partial charge in [-0.1, -0.05) is 31.2 Å². The van der Waals surface area contributed by atoms with Crippen LogP contribution in [0, 0.1) is 0 Å². The monoisotopic (exact) mass is 242 g/mol. The lowest BCUT2D eigenvalue weighted by molar-refractivity contribution is 1.09. The summed E-state index contributed by atoms with van der Waals surface area (Å²) in [6, 6.07) is 12.1. The van der Waals surface area contributed by atoms with E-state index in [1.54, 1.807) is 11.3 Å². The van der Waals surface area contributed by atoms with Crippen molar-refractivity contribution in [3.8, 4) is 0 Å². The van der Waals surface area contributed by atoms with Crippen molar-refractivity contribution in [1.29, 1.82) is 0 Å². The number of thiazole rings is 1. The summed E-state index contributed by atoms with van der Waals surface area (Å²) < 4.78 is 0. The lowest BCUT2D eigenvalue weighted by atomic mass is 10.2. The topological polar surface area (TPSA) is 25.8 Å². The van der Waals surface area contributed by atoms with Crippen molar-refractivity contribution in [2.24, 2.45) is 0 Å². The van der Waals surface area contributed by atoms with Crippen LogP contribution in [0.2, 0.25) is 0 Å². The first-order chi connectivity index (χ1) is 8.40. The molecule has 0 unspecified atom stereocenters. The Balaban J connectivity index is 0.000000136. The zero-order valence-electron chi connectivity index (χ0n) is 9.71. The first kappa shape index (κ1) is 11.7. The molecule has 1 aromatic carbocycles. The molecule has 0 atom stereocenters. The first-order valence-corrected chi connectivity index (χ1v) is 6.46. The number of benzene rings is 1. The van der Waals surface area contributed by atoms with E-state index in [0.717, 1.165) is 11.9 Å². The Bertz CT molecular complexity index is 496. The fourth-order valence-electron chi connectivity index (χ4n) is 1.44. The lowest BCUT2D eigenvalue weighted by Crippen LogP contribution is -1.73. The van der Waals surface area contributed by atoms with Crippen molar-refractivity contribution in [1.82, 2.24) is 9.97 Å². The molecule has 0 aliphatic heterocycles. The first-order valence-electron chi connectivity index (χ1n) is 5.58. The Morgan fingerprint density at radius 3 is 2.47 bits per heavy atom. The van der Waals surface area contributed by atoms with Gasteiger partial charge in [0.15, 0.2) is 0 Å². The lowest BCUT2D eigenvalue weighted by Gasteiger charge is -1.91. The van der Waals surface area contributed by atoms with Gasteiger partial charge in [-0.15, -0.1) is 11.3 Å². The SMILES string of the molecule is CCc1nccs1.c1ccc2ncccc2c1. The third kappa shape index (κ3) is 3.36. The zero-order chi connectivity index (χ0) is 11.9. The van der Waals surface area contributed by atoms with Gasteiger partial charge in [-0.3, -0.25) is 4.98 Å². The van der Waals surface area contributed by atoms with Crippen LogP contribution < -0.4 is 0 Å². The van der Waals surface area contributed by atoms with Gasteiger partial charge in [0.1, 0.15) is 0 Å². The zero-order valence-corrected chi connectivity index (χ0v) is 10.5. The summed E-state index contributed by atoms with van der Waals surface area (Å²) in [4.78, 5) is 8.23. The molecule has 86 valence electrons. The predicted molar refractivity (Wildman–Crippen MR) is 73.2 cm³/mol. The van der Waals surface area contributed by atoms with Gasteiger partial charge in [-0.2, -0.15) is 0 Å². The van der Waals surface area contributed by atoms with Gasteiger partial charge in [-0.25, -0.2) is 4.98 Å². The number of nitrogens with zero attached hydrogens (tertiary/aromatic N) is 2. The van der Waals surface area contributed by atoms with E-state index in [0.29, 0.717) is 0 Å². The standard InChI is InChI=1S/C9H7N.C5H7NS/c1-2-6-9-8(4-1)5-3-7-10-9;1-2-5-6-3-4-7-5/h1-7H;3-4H,2H2,1H3. The summed E-state index contributed by atoms with van der Waals surface area (Å²) in [7, 11) is 0. The molecule has 3 rings (SSSR count). The molecular formula is C14H14N2S. The van der Waals surface area contributed by atoms with Crippen molar-refractivity contribution in [3.63, 3.8) is 0 Å². The van der Waals surface area contributed by atoms with Gasteiger partial charge in [0.2, 0.25) is 0 Å². The second kappa shape index (κ2) is 6.11. The largest absolute Gasteiger partial charge is 0.256 e. The van der Waals surface area contributed by atoms with Crippen molar-refractivity contribution < 1.29 is 0 Å². The maximum atomic E-state index is 4.18. The molecule has 0 N–H and O–H groups in total. The highest BCUT2D eigenvalue weighted by molar-refractivity contribution is 7.09. The molecule has 2 heterocycles. The van der Waals surface area contributed by atoms with Crippen LogP contribution in [0.25, 0.3) is 10.9 Å². The van der Waals surface area contributed by atoms with Crippen LogP contribution in [0.15, 0.2) is 54.2 Å².